The number of thioether (sulfide) groups is 1. The van der Waals surface area contributed by atoms with Gasteiger partial charge in [-0.2, -0.15) is 0 Å². The van der Waals surface area contributed by atoms with E-state index in [0.717, 1.165) is 16.0 Å². The zero-order chi connectivity index (χ0) is 60.5. The first kappa shape index (κ1) is 66.6. The smallest absolute Gasteiger partial charge is 0.409 e. The maximum absolute atomic E-state index is 14.4. The molecule has 83 heavy (non-hydrogen) atoms. The van der Waals surface area contributed by atoms with Gasteiger partial charge in [-0.1, -0.05) is 35.4 Å². The summed E-state index contributed by atoms with van der Waals surface area (Å²) < 4.78 is 51.3. The van der Waals surface area contributed by atoms with E-state index in [9.17, 15) is 48.3 Å². The van der Waals surface area contributed by atoms with Crippen molar-refractivity contribution in [2.45, 2.75) is 132 Å². The van der Waals surface area contributed by atoms with Gasteiger partial charge in [0.2, 0.25) is 23.6 Å². The molecular weight excluding hydrogens is 1130 g/mol. The lowest BCUT2D eigenvalue weighted by Crippen LogP contribution is -2.71. The SMILES string of the molecule is COc1cc2cc(c1Cl)N(C)C(=O)C[C@H](CC(=O)[C@H](C)OCCSC1CC(=O)N(CCC(=O)NCCOCCOCCOCCOCCC(=O)ON3C(=O)CCC3=O)C1=O)[C@@]1(C)CC(C)(O1)C1C[C@@](O)(NC(=O)O1)[C@H](OC)/C=C/C=C(\C)C2. The minimum Gasteiger partial charge on any atom is -0.495 e. The number of hydroxylamine groups is 2. The number of benzene rings is 1. The Kier molecular flexibility index (Phi) is 24.9. The summed E-state index contributed by atoms with van der Waals surface area (Å²) >= 11 is 8.05. The van der Waals surface area contributed by atoms with Crippen LogP contribution in [0.15, 0.2) is 35.9 Å². The molecule has 4 saturated heterocycles. The fourth-order valence-electron chi connectivity index (χ4n) is 10.3. The number of halogens is 1. The normalized spacial score (nSPS) is 27.1. The van der Waals surface area contributed by atoms with E-state index >= 15 is 0 Å². The second-order valence-electron chi connectivity index (χ2n) is 21.2. The fourth-order valence-corrected chi connectivity index (χ4v) is 11.7. The number of hydrogen-bond donors (Lipinski definition) is 3. The molecule has 4 fully saturated rings. The van der Waals surface area contributed by atoms with E-state index in [4.69, 9.17) is 59.1 Å². The van der Waals surface area contributed by atoms with Crippen LogP contribution >= 0.6 is 23.4 Å². The zero-order valence-corrected chi connectivity index (χ0v) is 49.7. The molecule has 1 aromatic carbocycles. The lowest BCUT2D eigenvalue weighted by atomic mass is 9.67. The zero-order valence-electron chi connectivity index (χ0n) is 48.2. The monoisotopic (exact) mass is 1210 g/mol. The summed E-state index contributed by atoms with van der Waals surface area (Å²) in [5.41, 5.74) is -2.00. The van der Waals surface area contributed by atoms with Gasteiger partial charge in [0.1, 0.15) is 34.7 Å². The number of alkyl carbamates (subject to hydrolysis) is 1. The highest BCUT2D eigenvalue weighted by Gasteiger charge is 2.62. The third kappa shape index (κ3) is 18.5. The van der Waals surface area contributed by atoms with E-state index < -0.39 is 82.1 Å². The number of allylic oxidation sites excluding steroid dienone is 3. The summed E-state index contributed by atoms with van der Waals surface area (Å²) in [5.74, 6) is -3.78. The van der Waals surface area contributed by atoms with Gasteiger partial charge >= 0.3 is 12.1 Å². The summed E-state index contributed by atoms with van der Waals surface area (Å²) in [4.78, 5) is 122. The van der Waals surface area contributed by atoms with Crippen molar-refractivity contribution < 1.29 is 95.7 Å². The van der Waals surface area contributed by atoms with Crippen LogP contribution in [0.5, 0.6) is 5.75 Å². The Morgan fingerprint density at radius 2 is 1.53 bits per heavy atom. The van der Waals surface area contributed by atoms with Crippen LogP contribution in [-0.4, -0.2) is 208 Å². The van der Waals surface area contributed by atoms with E-state index in [0.29, 0.717) is 36.1 Å². The highest BCUT2D eigenvalue weighted by molar-refractivity contribution is 8.00. The molecule has 6 bridgehead atoms. The third-order valence-electron chi connectivity index (χ3n) is 14.9. The largest absolute Gasteiger partial charge is 0.495 e. The molecule has 6 heterocycles. The fraction of sp³-hybridized carbons (Fsp3) is 0.661. The van der Waals surface area contributed by atoms with Gasteiger partial charge in [-0.25, -0.2) is 9.59 Å². The summed E-state index contributed by atoms with van der Waals surface area (Å²) in [7, 11) is 4.50. The number of fused-ring (bicyclic) bond motifs is 6. The van der Waals surface area contributed by atoms with Crippen molar-refractivity contribution in [3.8, 4) is 5.75 Å². The number of imide groups is 2. The molecule has 3 N–H and O–H groups in total. The van der Waals surface area contributed by atoms with Crippen LogP contribution in [0.4, 0.5) is 10.5 Å². The molecule has 0 radical (unpaired) electrons. The maximum Gasteiger partial charge on any atom is 0.409 e. The van der Waals surface area contributed by atoms with Crippen molar-refractivity contribution in [2.24, 2.45) is 5.92 Å². The molecule has 7 rings (SSSR count). The highest BCUT2D eigenvalue weighted by Crippen LogP contribution is 2.52. The van der Waals surface area contributed by atoms with Gasteiger partial charge < -0.3 is 62.8 Å². The molecule has 0 aliphatic carbocycles. The van der Waals surface area contributed by atoms with Crippen LogP contribution in [0, 0.1) is 5.92 Å². The van der Waals surface area contributed by atoms with Crippen LogP contribution in [-0.2, 0) is 87.5 Å². The quantitative estimate of drug-likeness (QED) is 0.0766. The Morgan fingerprint density at radius 1 is 0.880 bits per heavy atom. The lowest BCUT2D eigenvalue weighted by Gasteiger charge is -2.60. The molecule has 0 saturated carbocycles. The Morgan fingerprint density at radius 3 is 2.18 bits per heavy atom. The minimum atomic E-state index is -1.88. The standard InChI is InChI=1S/C56H78ClN5O20S/c1-35-9-8-10-43(74-7)56(72)33-44(80-53(71)59-56)55(4)34-54(3,82-55)38(31-48(67)60(5)39-28-37(27-35)29-41(73-6)51(39)57)30-40(63)36(2)79-25-26-83-42-32-49(68)61(52(42)70)16-13-45(64)58-15-18-76-20-22-78-24-23-77-21-19-75-17-14-50(69)81-62-46(65)11-12-47(62)66/h8-10,28-29,36,38,42-44,72H,11-27,30-34H2,1-7H3,(H,58,64)(H,59,71)/b10-8+,35-9+/t36-,38-,42?,43+,44?,54+,55?,56-/m0/s1. The molecule has 1 aromatic rings. The van der Waals surface area contributed by atoms with E-state index in [1.807, 2.05) is 13.0 Å². The molecule has 25 nitrogen and oxygen atoms in total. The van der Waals surface area contributed by atoms with Gasteiger partial charge in [0, 0.05) is 90.3 Å². The van der Waals surface area contributed by atoms with Crippen molar-refractivity contribution in [1.82, 2.24) is 20.6 Å². The number of methoxy groups -OCH3 is 2. The van der Waals surface area contributed by atoms with Gasteiger partial charge in [0.15, 0.2) is 11.5 Å². The molecular formula is C56H78ClN5O20S. The number of likely N-dealkylation sites (tertiary alicyclic amines) is 1. The van der Waals surface area contributed by atoms with E-state index in [2.05, 4.69) is 10.6 Å². The predicted octanol–water partition coefficient (Wildman–Crippen LogP) is 3.31. The van der Waals surface area contributed by atoms with Crippen LogP contribution in [0.3, 0.4) is 0 Å². The van der Waals surface area contributed by atoms with Crippen LogP contribution in [0.1, 0.15) is 91.0 Å². The summed E-state index contributed by atoms with van der Waals surface area (Å²) in [6.45, 7) is 9.08. The molecule has 0 spiro atoms. The Hall–Kier alpha value is -5.55. The van der Waals surface area contributed by atoms with Gasteiger partial charge in [-0.3, -0.25) is 43.8 Å². The number of rotatable bonds is 29. The van der Waals surface area contributed by atoms with Crippen LogP contribution in [0.25, 0.3) is 0 Å². The Labute approximate surface area is 491 Å². The summed E-state index contributed by atoms with van der Waals surface area (Å²) in [5, 5.41) is 17.1. The number of carbonyl (C=O) groups excluding carboxylic acids is 9. The van der Waals surface area contributed by atoms with Gasteiger partial charge in [0.05, 0.1) is 89.5 Å². The highest BCUT2D eigenvalue weighted by atomic mass is 35.5. The number of ketones is 1. The number of nitrogens with one attached hydrogen (secondary N) is 2. The first-order chi connectivity index (χ1) is 39.5. The van der Waals surface area contributed by atoms with E-state index in [-0.39, 0.29) is 145 Å². The maximum atomic E-state index is 14.4. The molecule has 27 heteroatoms. The van der Waals surface area contributed by atoms with Crippen molar-refractivity contribution in [3.63, 3.8) is 0 Å². The molecule has 460 valence electrons. The average Bonchev–Trinajstić information content (AvgIpc) is 1.77. The first-order valence-corrected chi connectivity index (χ1v) is 29.1. The Balaban J connectivity index is 0.899. The summed E-state index contributed by atoms with van der Waals surface area (Å²) in [6.07, 6.45) is 1.53. The van der Waals surface area contributed by atoms with E-state index in [1.54, 1.807) is 52.1 Å². The number of hydrogen-bond acceptors (Lipinski definition) is 21. The first-order valence-electron chi connectivity index (χ1n) is 27.6. The van der Waals surface area contributed by atoms with Crippen molar-refractivity contribution in [2.75, 3.05) is 104 Å². The predicted molar refractivity (Wildman–Crippen MR) is 298 cm³/mol. The van der Waals surface area contributed by atoms with Gasteiger partial charge in [-0.15, -0.1) is 16.8 Å². The average molecular weight is 1210 g/mol. The molecule has 8 atom stereocenters. The number of aliphatic hydroxyl groups is 1. The molecule has 6 aliphatic heterocycles. The summed E-state index contributed by atoms with van der Waals surface area (Å²) in [6, 6.07) is 3.60. The number of nitrogens with zero attached hydrogens (tertiary/aromatic N) is 3. The van der Waals surface area contributed by atoms with E-state index in [1.165, 1.54) is 30.9 Å². The number of Topliss-reactive ketones (excluding diaryl/α,β-unsaturated/α-hetero) is 1. The molecule has 6 aliphatic rings. The number of anilines is 1. The molecule has 7 amide bonds. The van der Waals surface area contributed by atoms with Crippen molar-refractivity contribution >= 4 is 82.3 Å². The second kappa shape index (κ2) is 31.0. The van der Waals surface area contributed by atoms with Crippen molar-refractivity contribution in [3.05, 3.63) is 46.5 Å². The third-order valence-corrected chi connectivity index (χ3v) is 16.4. The number of carbonyl (C=O) groups is 9. The topological polar surface area (TPSA) is 300 Å². The minimum absolute atomic E-state index is 0.0192. The van der Waals surface area contributed by atoms with Crippen molar-refractivity contribution in [1.29, 1.82) is 0 Å². The van der Waals surface area contributed by atoms with Gasteiger partial charge in [-0.05, 0) is 51.8 Å². The molecule has 0 aromatic heterocycles. The molecule has 3 unspecified atom stereocenters. The van der Waals surface area contributed by atoms with Crippen LogP contribution < -0.4 is 20.3 Å². The Bertz CT molecular complexity index is 2560. The second-order valence-corrected chi connectivity index (χ2v) is 22.9. The van der Waals surface area contributed by atoms with Gasteiger partial charge in [0.25, 0.3) is 11.8 Å². The number of amides is 7. The number of ether oxygens (including phenoxy) is 9. The lowest BCUT2D eigenvalue weighted by molar-refractivity contribution is -0.319. The van der Waals surface area contributed by atoms with Crippen LogP contribution in [0.2, 0.25) is 5.02 Å².